The zero-order valence-corrected chi connectivity index (χ0v) is 13.6. The summed E-state index contributed by atoms with van der Waals surface area (Å²) in [7, 11) is 0. The molecular weight excluding hydrogens is 268 g/mol. The molecule has 0 aliphatic heterocycles. The fourth-order valence-electron chi connectivity index (χ4n) is 3.44. The van der Waals surface area contributed by atoms with E-state index in [1.165, 1.54) is 12.1 Å². The van der Waals surface area contributed by atoms with Crippen molar-refractivity contribution in [3.05, 3.63) is 34.9 Å². The smallest absolute Gasteiger partial charge is 0.133 e. The van der Waals surface area contributed by atoms with Crippen LogP contribution in [0.4, 0.5) is 8.78 Å². The van der Waals surface area contributed by atoms with Crippen LogP contribution in [0.3, 0.4) is 0 Å². The third kappa shape index (κ3) is 3.63. The van der Waals surface area contributed by atoms with Gasteiger partial charge < -0.3 is 5.32 Å². The number of halogens is 2. The van der Waals surface area contributed by atoms with Gasteiger partial charge in [-0.25, -0.2) is 8.78 Å². The van der Waals surface area contributed by atoms with Gasteiger partial charge in [0.05, 0.1) is 0 Å². The molecule has 0 saturated heterocycles. The van der Waals surface area contributed by atoms with Crippen LogP contribution in [0.2, 0.25) is 0 Å². The molecular formula is C18H27F2N. The Morgan fingerprint density at radius 2 is 1.86 bits per heavy atom. The molecule has 1 aromatic carbocycles. The maximum atomic E-state index is 14.5. The van der Waals surface area contributed by atoms with E-state index in [0.29, 0.717) is 16.9 Å². The number of rotatable bonds is 4. The molecule has 1 aliphatic rings. The number of benzene rings is 1. The molecule has 1 saturated carbocycles. The van der Waals surface area contributed by atoms with Crippen LogP contribution in [-0.2, 0) is 0 Å². The summed E-state index contributed by atoms with van der Waals surface area (Å²) in [6.07, 6.45) is 4.29. The van der Waals surface area contributed by atoms with Crippen molar-refractivity contribution in [2.24, 2.45) is 11.3 Å². The minimum absolute atomic E-state index is 0.217. The van der Waals surface area contributed by atoms with Crippen molar-refractivity contribution in [3.8, 4) is 0 Å². The Balaban J connectivity index is 2.30. The second-order valence-corrected chi connectivity index (χ2v) is 7.13. The van der Waals surface area contributed by atoms with E-state index in [2.05, 4.69) is 19.2 Å². The van der Waals surface area contributed by atoms with E-state index in [1.807, 2.05) is 6.92 Å². The Kier molecular flexibility index (Phi) is 5.03. The highest BCUT2D eigenvalue weighted by Gasteiger charge is 2.34. The van der Waals surface area contributed by atoms with E-state index < -0.39 is 5.82 Å². The Labute approximate surface area is 127 Å². The van der Waals surface area contributed by atoms with Crippen molar-refractivity contribution in [2.45, 2.75) is 59.4 Å². The fourth-order valence-corrected chi connectivity index (χ4v) is 3.44. The van der Waals surface area contributed by atoms with Gasteiger partial charge in [0, 0.05) is 11.6 Å². The molecule has 1 aromatic rings. The zero-order chi connectivity index (χ0) is 15.6. The van der Waals surface area contributed by atoms with Crippen molar-refractivity contribution in [2.75, 3.05) is 6.54 Å². The summed E-state index contributed by atoms with van der Waals surface area (Å²) < 4.78 is 28.7. The van der Waals surface area contributed by atoms with Gasteiger partial charge >= 0.3 is 0 Å². The average molecular weight is 295 g/mol. The minimum atomic E-state index is -0.422. The zero-order valence-electron chi connectivity index (χ0n) is 13.6. The van der Waals surface area contributed by atoms with Crippen molar-refractivity contribution in [1.82, 2.24) is 5.32 Å². The lowest BCUT2D eigenvalue weighted by Crippen LogP contribution is -2.34. The van der Waals surface area contributed by atoms with Crippen LogP contribution in [0.1, 0.15) is 63.6 Å². The van der Waals surface area contributed by atoms with Crippen LogP contribution in [-0.4, -0.2) is 6.54 Å². The monoisotopic (exact) mass is 295 g/mol. The van der Waals surface area contributed by atoms with Gasteiger partial charge in [-0.3, -0.25) is 0 Å². The highest BCUT2D eigenvalue weighted by molar-refractivity contribution is 5.30. The summed E-state index contributed by atoms with van der Waals surface area (Å²) in [6, 6.07) is 2.69. The van der Waals surface area contributed by atoms with E-state index in [9.17, 15) is 8.78 Å². The Bertz CT molecular complexity index is 486. The Morgan fingerprint density at radius 1 is 1.24 bits per heavy atom. The lowest BCUT2D eigenvalue weighted by Gasteiger charge is -2.38. The first-order chi connectivity index (χ1) is 9.85. The Morgan fingerprint density at radius 3 is 2.43 bits per heavy atom. The molecule has 0 spiro atoms. The summed E-state index contributed by atoms with van der Waals surface area (Å²) in [4.78, 5) is 0. The number of aryl methyl sites for hydroxylation is 1. The largest absolute Gasteiger partial charge is 0.310 e. The molecule has 1 N–H and O–H groups in total. The summed E-state index contributed by atoms with van der Waals surface area (Å²) >= 11 is 0. The van der Waals surface area contributed by atoms with Crippen molar-refractivity contribution >= 4 is 0 Å². The van der Waals surface area contributed by atoms with Crippen LogP contribution < -0.4 is 5.32 Å². The molecule has 1 fully saturated rings. The van der Waals surface area contributed by atoms with Gasteiger partial charge in [0.1, 0.15) is 11.6 Å². The van der Waals surface area contributed by atoms with E-state index in [4.69, 9.17) is 0 Å². The summed E-state index contributed by atoms with van der Waals surface area (Å²) in [5.74, 6) is -0.497. The van der Waals surface area contributed by atoms with Gasteiger partial charge in [-0.1, -0.05) is 26.8 Å². The quantitative estimate of drug-likeness (QED) is 0.811. The van der Waals surface area contributed by atoms with Crippen molar-refractivity contribution in [1.29, 1.82) is 0 Å². The molecule has 2 rings (SSSR count). The highest BCUT2D eigenvalue weighted by Crippen LogP contribution is 2.43. The lowest BCUT2D eigenvalue weighted by molar-refractivity contribution is 0.159. The van der Waals surface area contributed by atoms with Crippen molar-refractivity contribution in [3.63, 3.8) is 0 Å². The molecule has 0 radical (unpaired) electrons. The molecule has 1 unspecified atom stereocenters. The SMILES string of the molecule is CCNC(c1c(F)ccc(C)c1F)C1CCC(C)(C)CC1. The van der Waals surface area contributed by atoms with Gasteiger partial charge in [-0.2, -0.15) is 0 Å². The van der Waals surface area contributed by atoms with Gasteiger partial charge in [-0.05, 0) is 62.1 Å². The average Bonchev–Trinajstić information content (AvgIpc) is 2.43. The van der Waals surface area contributed by atoms with Gasteiger partial charge in [0.15, 0.2) is 0 Å². The minimum Gasteiger partial charge on any atom is -0.310 e. The topological polar surface area (TPSA) is 12.0 Å². The molecule has 1 nitrogen and oxygen atoms in total. The molecule has 0 bridgehead atoms. The lowest BCUT2D eigenvalue weighted by atomic mass is 9.70. The molecule has 0 aromatic heterocycles. The highest BCUT2D eigenvalue weighted by atomic mass is 19.1. The second-order valence-electron chi connectivity index (χ2n) is 7.13. The van der Waals surface area contributed by atoms with Gasteiger partial charge in [0.25, 0.3) is 0 Å². The number of nitrogens with one attached hydrogen (secondary N) is 1. The maximum absolute atomic E-state index is 14.5. The molecule has 0 amide bonds. The predicted molar refractivity (Wildman–Crippen MR) is 83.3 cm³/mol. The van der Waals surface area contributed by atoms with Crippen LogP contribution in [0, 0.1) is 29.9 Å². The summed E-state index contributed by atoms with van der Waals surface area (Å²) in [5.41, 5.74) is 1.11. The summed E-state index contributed by atoms with van der Waals surface area (Å²) in [6.45, 7) is 8.96. The third-order valence-corrected chi connectivity index (χ3v) is 4.91. The molecule has 118 valence electrons. The number of hydrogen-bond donors (Lipinski definition) is 1. The van der Waals surface area contributed by atoms with Crippen LogP contribution in [0.5, 0.6) is 0 Å². The number of hydrogen-bond acceptors (Lipinski definition) is 1. The first-order valence-corrected chi connectivity index (χ1v) is 8.03. The first-order valence-electron chi connectivity index (χ1n) is 8.03. The van der Waals surface area contributed by atoms with E-state index in [1.54, 1.807) is 6.92 Å². The molecule has 21 heavy (non-hydrogen) atoms. The second kappa shape index (κ2) is 6.43. The van der Waals surface area contributed by atoms with Crippen molar-refractivity contribution < 1.29 is 8.78 Å². The standard InChI is InChI=1S/C18H27F2N/c1-5-21-17(13-8-10-18(3,4)11-9-13)15-14(19)7-6-12(2)16(15)20/h6-7,13,17,21H,5,8-11H2,1-4H3. The first kappa shape index (κ1) is 16.4. The van der Waals surface area contributed by atoms with Crippen LogP contribution in [0.25, 0.3) is 0 Å². The maximum Gasteiger partial charge on any atom is 0.133 e. The van der Waals surface area contributed by atoms with E-state index in [-0.39, 0.29) is 17.4 Å². The van der Waals surface area contributed by atoms with Gasteiger partial charge in [0.2, 0.25) is 0 Å². The summed E-state index contributed by atoms with van der Waals surface area (Å²) in [5, 5.41) is 3.32. The molecule has 1 atom stereocenters. The van der Waals surface area contributed by atoms with Crippen LogP contribution in [0.15, 0.2) is 12.1 Å². The third-order valence-electron chi connectivity index (χ3n) is 4.91. The molecule has 1 aliphatic carbocycles. The Hall–Kier alpha value is -0.960. The normalized spacial score (nSPS) is 20.5. The molecule has 0 heterocycles. The van der Waals surface area contributed by atoms with Crippen LogP contribution >= 0.6 is 0 Å². The van der Waals surface area contributed by atoms with E-state index >= 15 is 0 Å². The predicted octanol–water partition coefficient (Wildman–Crippen LogP) is 5.14. The van der Waals surface area contributed by atoms with Gasteiger partial charge in [-0.15, -0.1) is 0 Å². The van der Waals surface area contributed by atoms with E-state index in [0.717, 1.165) is 32.2 Å². The fraction of sp³-hybridized carbons (Fsp3) is 0.667. The molecule has 3 heteroatoms.